The molecule has 200 valence electrons. The van der Waals surface area contributed by atoms with Gasteiger partial charge >= 0.3 is 11.8 Å². The normalized spacial score (nSPS) is 19.1. The Kier molecular flexibility index (Phi) is 8.16. The minimum Gasteiger partial charge on any atom is -0.501 e. The lowest BCUT2D eigenvalue weighted by molar-refractivity contribution is -0.151. The minimum atomic E-state index is -0.832. The lowest BCUT2D eigenvalue weighted by Gasteiger charge is -2.28. The van der Waals surface area contributed by atoms with Crippen molar-refractivity contribution < 1.29 is 28.6 Å². The first kappa shape index (κ1) is 28.0. The molecule has 0 fully saturated rings. The Morgan fingerprint density at radius 3 is 2.51 bits per heavy atom. The van der Waals surface area contributed by atoms with E-state index >= 15 is 0 Å². The van der Waals surface area contributed by atoms with Crippen LogP contribution in [0, 0.1) is 12.7 Å². The van der Waals surface area contributed by atoms with Crippen molar-refractivity contribution in [2.45, 2.75) is 57.7 Å². The van der Waals surface area contributed by atoms with Crippen molar-refractivity contribution in [1.29, 1.82) is 0 Å². The molecule has 0 spiro atoms. The summed E-state index contributed by atoms with van der Waals surface area (Å²) in [5, 5.41) is 10.7. The number of ketones is 1. The van der Waals surface area contributed by atoms with Gasteiger partial charge < -0.3 is 19.6 Å². The average Bonchev–Trinajstić information content (AvgIpc) is 3.02. The highest BCUT2D eigenvalue weighted by Crippen LogP contribution is 2.34. The van der Waals surface area contributed by atoms with Crippen molar-refractivity contribution in [2.24, 2.45) is 0 Å². The SMILES string of the molecule is COC1(C)CCC(N(C)C(=O)C(=O)N(C)C)c2nc(C(=O)CCc3ccc(F)c(C)c3)c(O)c(=O)n2C1. The van der Waals surface area contributed by atoms with Gasteiger partial charge in [0.05, 0.1) is 18.2 Å². The highest BCUT2D eigenvalue weighted by atomic mass is 19.1. The summed E-state index contributed by atoms with van der Waals surface area (Å²) in [6.45, 7) is 3.44. The van der Waals surface area contributed by atoms with Crippen LogP contribution in [0.1, 0.15) is 59.7 Å². The zero-order chi connectivity index (χ0) is 27.7. The summed E-state index contributed by atoms with van der Waals surface area (Å²) in [6, 6.07) is 3.69. The maximum absolute atomic E-state index is 13.6. The number of methoxy groups -OCH3 is 1. The van der Waals surface area contributed by atoms with Crippen molar-refractivity contribution in [3.63, 3.8) is 0 Å². The number of carbonyl (C=O) groups excluding carboxylic acids is 3. The molecule has 0 saturated heterocycles. The van der Waals surface area contributed by atoms with Crippen LogP contribution in [-0.2, 0) is 27.3 Å². The van der Waals surface area contributed by atoms with E-state index in [2.05, 4.69) is 4.98 Å². The number of ether oxygens (including phenoxy) is 1. The van der Waals surface area contributed by atoms with Crippen LogP contribution in [0.3, 0.4) is 0 Å². The second kappa shape index (κ2) is 10.8. The molecule has 0 radical (unpaired) electrons. The summed E-state index contributed by atoms with van der Waals surface area (Å²) >= 11 is 0. The van der Waals surface area contributed by atoms with Crippen molar-refractivity contribution in [2.75, 3.05) is 28.3 Å². The molecule has 0 aliphatic carbocycles. The number of halogens is 1. The summed E-state index contributed by atoms with van der Waals surface area (Å²) in [5.41, 5.74) is -0.886. The first-order valence-electron chi connectivity index (χ1n) is 11.9. The number of carbonyl (C=O) groups is 3. The number of aromatic nitrogens is 2. The molecule has 0 saturated carbocycles. The number of nitrogens with zero attached hydrogens (tertiary/aromatic N) is 4. The van der Waals surface area contributed by atoms with E-state index in [9.17, 15) is 28.7 Å². The van der Waals surface area contributed by atoms with E-state index in [0.717, 1.165) is 10.5 Å². The Labute approximate surface area is 214 Å². The summed E-state index contributed by atoms with van der Waals surface area (Å²) in [5.74, 6) is -3.18. The van der Waals surface area contributed by atoms with E-state index in [4.69, 9.17) is 4.74 Å². The number of likely N-dealkylation sites (N-methyl/N-ethyl adjacent to an activating group) is 2. The molecule has 37 heavy (non-hydrogen) atoms. The molecule has 2 atom stereocenters. The Bertz CT molecular complexity index is 1290. The third-order valence-electron chi connectivity index (χ3n) is 6.91. The molecule has 10 nitrogen and oxygen atoms in total. The van der Waals surface area contributed by atoms with Crippen LogP contribution in [0.4, 0.5) is 4.39 Å². The summed E-state index contributed by atoms with van der Waals surface area (Å²) in [7, 11) is 5.85. The second-order valence-electron chi connectivity index (χ2n) is 9.89. The summed E-state index contributed by atoms with van der Waals surface area (Å²) in [6.07, 6.45) is 0.884. The van der Waals surface area contributed by atoms with Crippen molar-refractivity contribution in [3.8, 4) is 5.75 Å². The molecule has 2 heterocycles. The molecule has 1 aliphatic rings. The second-order valence-corrected chi connectivity index (χ2v) is 9.89. The van der Waals surface area contributed by atoms with Gasteiger partial charge in [-0.15, -0.1) is 0 Å². The Balaban J connectivity index is 2.04. The van der Waals surface area contributed by atoms with E-state index in [1.165, 1.54) is 43.8 Å². The van der Waals surface area contributed by atoms with Gasteiger partial charge in [0.2, 0.25) is 5.75 Å². The molecule has 1 aromatic carbocycles. The third kappa shape index (κ3) is 5.71. The van der Waals surface area contributed by atoms with Crippen LogP contribution in [0.5, 0.6) is 5.75 Å². The maximum atomic E-state index is 13.6. The zero-order valence-corrected chi connectivity index (χ0v) is 22.0. The van der Waals surface area contributed by atoms with Gasteiger partial charge in [-0.2, -0.15) is 0 Å². The van der Waals surface area contributed by atoms with E-state index in [1.54, 1.807) is 26.0 Å². The monoisotopic (exact) mass is 516 g/mol. The molecular formula is C26H33FN4O6. The van der Waals surface area contributed by atoms with E-state index < -0.39 is 46.2 Å². The highest BCUT2D eigenvalue weighted by molar-refractivity contribution is 6.34. The summed E-state index contributed by atoms with van der Waals surface area (Å²) < 4.78 is 20.4. The van der Waals surface area contributed by atoms with Crippen LogP contribution >= 0.6 is 0 Å². The number of aromatic hydroxyl groups is 1. The number of hydrogen-bond acceptors (Lipinski definition) is 7. The average molecular weight is 517 g/mol. The molecule has 2 aromatic rings. The first-order valence-corrected chi connectivity index (χ1v) is 11.9. The minimum absolute atomic E-state index is 0.0295. The molecule has 3 rings (SSSR count). The van der Waals surface area contributed by atoms with Crippen molar-refractivity contribution in [1.82, 2.24) is 19.4 Å². The molecule has 11 heteroatoms. The van der Waals surface area contributed by atoms with E-state index in [1.807, 2.05) is 0 Å². The molecule has 2 unspecified atom stereocenters. The fourth-order valence-corrected chi connectivity index (χ4v) is 4.40. The third-order valence-corrected chi connectivity index (χ3v) is 6.91. The number of aryl methyl sites for hydroxylation is 2. The smallest absolute Gasteiger partial charge is 0.312 e. The topological polar surface area (TPSA) is 122 Å². The van der Waals surface area contributed by atoms with Gasteiger partial charge in [-0.3, -0.25) is 23.7 Å². The van der Waals surface area contributed by atoms with Crippen LogP contribution in [-0.4, -0.2) is 75.9 Å². The lowest BCUT2D eigenvalue weighted by Crippen LogP contribution is -2.43. The maximum Gasteiger partial charge on any atom is 0.312 e. The predicted octanol–water partition coefficient (Wildman–Crippen LogP) is 2.00. The first-order chi connectivity index (χ1) is 17.3. The van der Waals surface area contributed by atoms with Crippen LogP contribution in [0.2, 0.25) is 0 Å². The number of fused-ring (bicyclic) bond motifs is 1. The molecule has 2 amide bonds. The van der Waals surface area contributed by atoms with Gasteiger partial charge in [0.25, 0.3) is 5.56 Å². The van der Waals surface area contributed by atoms with Crippen LogP contribution < -0.4 is 5.56 Å². The van der Waals surface area contributed by atoms with Crippen LogP contribution in [0.15, 0.2) is 23.0 Å². The zero-order valence-electron chi connectivity index (χ0n) is 22.0. The molecule has 1 N–H and O–H groups in total. The standard InChI is InChI=1S/C26H33FN4O6/c1-15-13-16(7-9-17(15)27)8-10-19(32)20-21(33)23(34)31-14-26(2,37-6)12-11-18(22(31)28-20)30(5)25(36)24(35)29(3)4/h7,9,13,18,33H,8,10-12,14H2,1-6H3. The largest absolute Gasteiger partial charge is 0.501 e. The fourth-order valence-electron chi connectivity index (χ4n) is 4.40. The lowest BCUT2D eigenvalue weighted by atomic mass is 9.98. The van der Waals surface area contributed by atoms with Gasteiger partial charge in [-0.1, -0.05) is 12.1 Å². The molecule has 0 bridgehead atoms. The summed E-state index contributed by atoms with van der Waals surface area (Å²) in [4.78, 5) is 58.4. The number of Topliss-reactive ketones (excluding diaryl/α,β-unsaturated/α-hetero) is 1. The number of rotatable bonds is 6. The van der Waals surface area contributed by atoms with E-state index in [0.29, 0.717) is 18.4 Å². The Hall–Kier alpha value is -3.60. The predicted molar refractivity (Wildman–Crippen MR) is 133 cm³/mol. The number of benzene rings is 1. The van der Waals surface area contributed by atoms with Crippen molar-refractivity contribution in [3.05, 3.63) is 57.0 Å². The fraction of sp³-hybridized carbons (Fsp3) is 0.500. The van der Waals surface area contributed by atoms with Gasteiger partial charge in [-0.25, -0.2) is 9.37 Å². The van der Waals surface area contributed by atoms with Crippen molar-refractivity contribution >= 4 is 17.6 Å². The number of hydrogen-bond donors (Lipinski definition) is 1. The molecule has 1 aromatic heterocycles. The Morgan fingerprint density at radius 2 is 1.92 bits per heavy atom. The molecular weight excluding hydrogens is 483 g/mol. The number of amides is 2. The van der Waals surface area contributed by atoms with E-state index in [-0.39, 0.29) is 31.0 Å². The highest BCUT2D eigenvalue weighted by Gasteiger charge is 2.39. The Morgan fingerprint density at radius 1 is 1.24 bits per heavy atom. The van der Waals surface area contributed by atoms with Crippen LogP contribution in [0.25, 0.3) is 0 Å². The quantitative estimate of drug-likeness (QED) is 0.460. The molecule has 1 aliphatic heterocycles. The van der Waals surface area contributed by atoms with Gasteiger partial charge in [-0.05, 0) is 50.3 Å². The van der Waals surface area contributed by atoms with Gasteiger partial charge in [0, 0.05) is 34.7 Å². The van der Waals surface area contributed by atoms with Gasteiger partial charge in [0.15, 0.2) is 11.5 Å². The van der Waals surface area contributed by atoms with Gasteiger partial charge in [0.1, 0.15) is 11.6 Å².